The smallest absolute Gasteiger partial charge is 0.280 e. The van der Waals surface area contributed by atoms with Crippen molar-refractivity contribution < 1.29 is 20.1 Å². The third-order valence-corrected chi connectivity index (χ3v) is 3.86. The minimum atomic E-state index is -1.32. The Hall–Kier alpha value is -1.53. The fraction of sp³-hybridized carbons (Fsp3) is 0.500. The van der Waals surface area contributed by atoms with Gasteiger partial charge in [0, 0.05) is 0 Å². The van der Waals surface area contributed by atoms with E-state index in [1.165, 1.54) is 4.57 Å². The quantitative estimate of drug-likeness (QED) is 0.387. The largest absolute Gasteiger partial charge is 0.394 e. The first-order valence-corrected chi connectivity index (χ1v) is 6.79. The Bertz CT molecular complexity index is 745. The molecule has 0 saturated carbocycles. The molecule has 0 bridgehead atoms. The minimum absolute atomic E-state index is 0.00816. The number of rotatable bonds is 2. The Labute approximate surface area is 125 Å². The van der Waals surface area contributed by atoms with Crippen molar-refractivity contribution >= 4 is 33.0 Å². The molecule has 6 N–H and O–H groups in total. The molecule has 3 unspecified atom stereocenters. The standard InChI is InChI=1S/C10H12BrN5O5/c11-9-13-3-6(14-10(12)15-7(3)20)16(9)8-5(19)4(18)2(1-17)21-8/h2,4-5,8,17-19H,1H2,(H3,12,14,15,20)/t2?,4?,5?,8-/m1/s1. The first kappa shape index (κ1) is 14.4. The van der Waals surface area contributed by atoms with Crippen molar-refractivity contribution in [1.82, 2.24) is 19.5 Å². The summed E-state index contributed by atoms with van der Waals surface area (Å²) in [6.45, 7) is -0.463. The zero-order chi connectivity index (χ0) is 15.3. The molecule has 1 saturated heterocycles. The number of hydrogen-bond acceptors (Lipinski definition) is 8. The number of ether oxygens (including phenoxy) is 1. The normalized spacial score (nSPS) is 29.3. The summed E-state index contributed by atoms with van der Waals surface area (Å²) in [7, 11) is 0. The summed E-state index contributed by atoms with van der Waals surface area (Å²) in [4.78, 5) is 22.0. The van der Waals surface area contributed by atoms with Crippen molar-refractivity contribution in [2.75, 3.05) is 12.3 Å². The van der Waals surface area contributed by atoms with Crippen molar-refractivity contribution in [2.24, 2.45) is 0 Å². The van der Waals surface area contributed by atoms with E-state index in [4.69, 9.17) is 15.6 Å². The fourth-order valence-corrected chi connectivity index (χ4v) is 2.84. The molecule has 2 aromatic heterocycles. The van der Waals surface area contributed by atoms with E-state index in [1.807, 2.05) is 0 Å². The van der Waals surface area contributed by atoms with Crippen LogP contribution in [0.15, 0.2) is 9.53 Å². The molecular weight excluding hydrogens is 350 g/mol. The molecule has 1 aliphatic rings. The van der Waals surface area contributed by atoms with Crippen LogP contribution in [-0.4, -0.2) is 59.8 Å². The number of aromatic nitrogens is 4. The molecule has 1 aliphatic heterocycles. The van der Waals surface area contributed by atoms with E-state index in [9.17, 15) is 15.0 Å². The second-order valence-corrected chi connectivity index (χ2v) is 5.31. The van der Waals surface area contributed by atoms with E-state index in [0.717, 1.165) is 0 Å². The second-order valence-electron chi connectivity index (χ2n) is 4.60. The van der Waals surface area contributed by atoms with E-state index in [1.54, 1.807) is 0 Å². The Morgan fingerprint density at radius 2 is 2.10 bits per heavy atom. The molecule has 2 aromatic rings. The van der Waals surface area contributed by atoms with E-state index in [-0.39, 0.29) is 21.8 Å². The fourth-order valence-electron chi connectivity index (χ4n) is 2.29. The molecule has 11 heteroatoms. The number of aliphatic hydroxyl groups is 3. The van der Waals surface area contributed by atoms with Gasteiger partial charge >= 0.3 is 0 Å². The molecule has 4 atom stereocenters. The van der Waals surface area contributed by atoms with Gasteiger partial charge in [-0.2, -0.15) is 4.98 Å². The number of halogens is 1. The highest BCUT2D eigenvalue weighted by molar-refractivity contribution is 9.10. The van der Waals surface area contributed by atoms with Gasteiger partial charge < -0.3 is 25.8 Å². The number of imidazole rings is 1. The monoisotopic (exact) mass is 361 g/mol. The summed E-state index contributed by atoms with van der Waals surface area (Å²) >= 11 is 3.15. The van der Waals surface area contributed by atoms with Crippen LogP contribution in [0, 0.1) is 0 Å². The average Bonchev–Trinajstić information content (AvgIpc) is 2.89. The van der Waals surface area contributed by atoms with Gasteiger partial charge in [0.25, 0.3) is 5.56 Å². The number of aliphatic hydroxyl groups excluding tert-OH is 3. The number of nitrogens with zero attached hydrogens (tertiary/aromatic N) is 3. The number of aromatic amines is 1. The predicted octanol–water partition coefficient (Wildman–Crippen LogP) is -1.92. The van der Waals surface area contributed by atoms with Gasteiger partial charge in [-0.25, -0.2) is 4.98 Å². The van der Waals surface area contributed by atoms with Gasteiger partial charge in [-0.3, -0.25) is 14.3 Å². The Morgan fingerprint density at radius 1 is 1.38 bits per heavy atom. The van der Waals surface area contributed by atoms with Crippen LogP contribution in [0.25, 0.3) is 11.2 Å². The van der Waals surface area contributed by atoms with Gasteiger partial charge in [-0.05, 0) is 15.9 Å². The van der Waals surface area contributed by atoms with Crippen LogP contribution >= 0.6 is 15.9 Å². The van der Waals surface area contributed by atoms with Crippen molar-refractivity contribution in [2.45, 2.75) is 24.5 Å². The second kappa shape index (κ2) is 5.03. The molecular formula is C10H12BrN5O5. The van der Waals surface area contributed by atoms with Gasteiger partial charge in [-0.15, -0.1) is 0 Å². The van der Waals surface area contributed by atoms with Gasteiger partial charge in [0.2, 0.25) is 5.95 Å². The van der Waals surface area contributed by atoms with Crippen LogP contribution < -0.4 is 11.3 Å². The highest BCUT2D eigenvalue weighted by Crippen LogP contribution is 2.33. The van der Waals surface area contributed by atoms with Gasteiger partial charge in [-0.1, -0.05) is 0 Å². The molecule has 0 aliphatic carbocycles. The summed E-state index contributed by atoms with van der Waals surface area (Å²) in [6, 6.07) is 0. The summed E-state index contributed by atoms with van der Waals surface area (Å²) in [5.41, 5.74) is 5.07. The summed E-state index contributed by atoms with van der Waals surface area (Å²) in [6.07, 6.45) is -4.61. The van der Waals surface area contributed by atoms with E-state index >= 15 is 0 Å². The molecule has 0 amide bonds. The highest BCUT2D eigenvalue weighted by Gasteiger charge is 2.44. The summed E-state index contributed by atoms with van der Waals surface area (Å²) in [5.74, 6) is -0.118. The minimum Gasteiger partial charge on any atom is -0.394 e. The zero-order valence-electron chi connectivity index (χ0n) is 10.5. The SMILES string of the molecule is Nc1nc2c(nc(Br)n2[C@@H]2OC(CO)C(O)C2O)c(=O)[nH]1. The Balaban J connectivity index is 2.17. The number of hydrogen-bond donors (Lipinski definition) is 5. The lowest BCUT2D eigenvalue weighted by atomic mass is 10.1. The number of nitrogens with two attached hydrogens (primary N) is 1. The van der Waals surface area contributed by atoms with Crippen LogP contribution in [0.4, 0.5) is 5.95 Å². The molecule has 114 valence electrons. The molecule has 21 heavy (non-hydrogen) atoms. The van der Waals surface area contributed by atoms with E-state index in [0.29, 0.717) is 0 Å². The van der Waals surface area contributed by atoms with Crippen molar-refractivity contribution in [3.05, 3.63) is 15.1 Å². The van der Waals surface area contributed by atoms with Crippen LogP contribution in [-0.2, 0) is 4.74 Å². The number of H-pyrrole nitrogens is 1. The topological polar surface area (TPSA) is 160 Å². The Morgan fingerprint density at radius 3 is 2.71 bits per heavy atom. The molecule has 0 radical (unpaired) electrons. The van der Waals surface area contributed by atoms with Crippen molar-refractivity contribution in [3.8, 4) is 0 Å². The van der Waals surface area contributed by atoms with Crippen LogP contribution in [0.3, 0.4) is 0 Å². The van der Waals surface area contributed by atoms with Gasteiger partial charge in [0.1, 0.15) is 18.3 Å². The molecule has 0 spiro atoms. The van der Waals surface area contributed by atoms with E-state index < -0.39 is 36.7 Å². The maximum Gasteiger partial charge on any atom is 0.280 e. The van der Waals surface area contributed by atoms with Crippen LogP contribution in [0.5, 0.6) is 0 Å². The Kier molecular flexibility index (Phi) is 3.45. The molecule has 0 aromatic carbocycles. The molecule has 3 rings (SSSR count). The summed E-state index contributed by atoms with van der Waals surface area (Å²) in [5, 5.41) is 29.0. The van der Waals surface area contributed by atoms with Crippen molar-refractivity contribution in [1.29, 1.82) is 0 Å². The highest BCUT2D eigenvalue weighted by atomic mass is 79.9. The first-order valence-electron chi connectivity index (χ1n) is 5.99. The van der Waals surface area contributed by atoms with Crippen molar-refractivity contribution in [3.63, 3.8) is 0 Å². The lowest BCUT2D eigenvalue weighted by molar-refractivity contribution is -0.0521. The number of nitrogen functional groups attached to an aromatic ring is 1. The zero-order valence-corrected chi connectivity index (χ0v) is 12.1. The number of nitrogens with one attached hydrogen (secondary N) is 1. The lowest BCUT2D eigenvalue weighted by Crippen LogP contribution is -2.33. The lowest BCUT2D eigenvalue weighted by Gasteiger charge is -2.17. The molecule has 10 nitrogen and oxygen atoms in total. The van der Waals surface area contributed by atoms with Gasteiger partial charge in [0.05, 0.1) is 6.61 Å². The number of anilines is 1. The third-order valence-electron chi connectivity index (χ3n) is 3.30. The van der Waals surface area contributed by atoms with E-state index in [2.05, 4.69) is 30.9 Å². The maximum absolute atomic E-state index is 11.8. The first-order chi connectivity index (χ1) is 9.93. The molecule has 3 heterocycles. The molecule has 1 fully saturated rings. The third kappa shape index (κ3) is 2.13. The summed E-state index contributed by atoms with van der Waals surface area (Å²) < 4.78 is 6.87. The maximum atomic E-state index is 11.8. The predicted molar refractivity (Wildman–Crippen MR) is 73.3 cm³/mol. The number of fused-ring (bicyclic) bond motifs is 1. The van der Waals surface area contributed by atoms with Crippen LogP contribution in [0.2, 0.25) is 0 Å². The van der Waals surface area contributed by atoms with Gasteiger partial charge in [0.15, 0.2) is 22.1 Å². The average molecular weight is 362 g/mol. The van der Waals surface area contributed by atoms with Crippen LogP contribution in [0.1, 0.15) is 6.23 Å².